The van der Waals surface area contributed by atoms with Gasteiger partial charge >= 0.3 is 0 Å². The summed E-state index contributed by atoms with van der Waals surface area (Å²) in [5, 5.41) is 10.2. The van der Waals surface area contributed by atoms with E-state index >= 15 is 0 Å². The number of benzene rings is 3. The molecule has 3 aromatic carbocycles. The number of sulfonamides is 1. The summed E-state index contributed by atoms with van der Waals surface area (Å²) in [7, 11) is -3.89. The molecule has 1 amide bonds. The molecule has 1 atom stereocenters. The number of fused-ring (bicyclic) bond motifs is 1. The molecule has 0 aliphatic carbocycles. The molecule has 0 aliphatic rings. The molecule has 0 aliphatic heterocycles. The molecule has 0 saturated carbocycles. The SMILES string of the molecule is CC(NC(=O)c1cc(S(N)(=O)=O)ccc1Br)c1cccc2ccccc12. The summed E-state index contributed by atoms with van der Waals surface area (Å²) in [6.07, 6.45) is 0. The monoisotopic (exact) mass is 432 g/mol. The van der Waals surface area contributed by atoms with Gasteiger partial charge in [0, 0.05) is 4.47 Å². The quantitative estimate of drug-likeness (QED) is 0.657. The fraction of sp³-hybridized carbons (Fsp3) is 0.105. The van der Waals surface area contributed by atoms with Gasteiger partial charge in [0.05, 0.1) is 16.5 Å². The molecular formula is C19H17BrN2O3S. The average molecular weight is 433 g/mol. The fourth-order valence-electron chi connectivity index (χ4n) is 2.84. The molecule has 0 saturated heterocycles. The van der Waals surface area contributed by atoms with Gasteiger partial charge in [0.1, 0.15) is 0 Å². The van der Waals surface area contributed by atoms with Crippen LogP contribution in [-0.2, 0) is 10.0 Å². The summed E-state index contributed by atoms with van der Waals surface area (Å²) < 4.78 is 23.6. The highest BCUT2D eigenvalue weighted by Gasteiger charge is 2.18. The predicted molar refractivity (Wildman–Crippen MR) is 105 cm³/mol. The van der Waals surface area contributed by atoms with Crippen LogP contribution in [0.4, 0.5) is 0 Å². The van der Waals surface area contributed by atoms with Gasteiger partial charge in [-0.05, 0) is 57.4 Å². The Bertz CT molecular complexity index is 1090. The Hall–Kier alpha value is -2.22. The average Bonchev–Trinajstić information content (AvgIpc) is 2.60. The molecule has 7 heteroatoms. The molecule has 1 unspecified atom stereocenters. The van der Waals surface area contributed by atoms with E-state index in [4.69, 9.17) is 5.14 Å². The van der Waals surface area contributed by atoms with Crippen LogP contribution in [0, 0.1) is 0 Å². The van der Waals surface area contributed by atoms with Crippen LogP contribution in [0.5, 0.6) is 0 Å². The number of carbonyl (C=O) groups excluding carboxylic acids is 1. The van der Waals surface area contributed by atoms with E-state index in [1.807, 2.05) is 49.4 Å². The van der Waals surface area contributed by atoms with Crippen molar-refractivity contribution in [3.8, 4) is 0 Å². The number of hydrogen-bond acceptors (Lipinski definition) is 3. The minimum Gasteiger partial charge on any atom is -0.345 e. The number of nitrogens with one attached hydrogen (secondary N) is 1. The number of halogens is 1. The van der Waals surface area contributed by atoms with E-state index in [0.29, 0.717) is 4.47 Å². The Kier molecular flexibility index (Phi) is 5.13. The molecular weight excluding hydrogens is 416 g/mol. The highest BCUT2D eigenvalue weighted by molar-refractivity contribution is 9.10. The van der Waals surface area contributed by atoms with E-state index in [9.17, 15) is 13.2 Å². The zero-order valence-electron chi connectivity index (χ0n) is 13.9. The van der Waals surface area contributed by atoms with Gasteiger partial charge < -0.3 is 5.32 Å². The lowest BCUT2D eigenvalue weighted by Gasteiger charge is -2.17. The van der Waals surface area contributed by atoms with E-state index in [2.05, 4.69) is 21.2 Å². The molecule has 0 fully saturated rings. The molecule has 0 heterocycles. The number of carbonyl (C=O) groups is 1. The summed E-state index contributed by atoms with van der Waals surface area (Å²) in [5.74, 6) is -0.386. The first kappa shape index (κ1) is 18.6. The molecule has 0 radical (unpaired) electrons. The molecule has 0 bridgehead atoms. The normalized spacial score (nSPS) is 12.7. The zero-order chi connectivity index (χ0) is 18.9. The largest absolute Gasteiger partial charge is 0.345 e. The van der Waals surface area contributed by atoms with Crippen molar-refractivity contribution in [1.29, 1.82) is 0 Å². The third kappa shape index (κ3) is 3.80. The Morgan fingerprint density at radius 2 is 1.77 bits per heavy atom. The van der Waals surface area contributed by atoms with Crippen molar-refractivity contribution in [2.45, 2.75) is 17.9 Å². The summed E-state index contributed by atoms with van der Waals surface area (Å²) in [6, 6.07) is 17.7. The van der Waals surface area contributed by atoms with E-state index in [-0.39, 0.29) is 22.4 Å². The summed E-state index contributed by atoms with van der Waals surface area (Å²) in [4.78, 5) is 12.6. The molecule has 134 valence electrons. The second-order valence-corrected chi connectivity index (χ2v) is 8.37. The lowest BCUT2D eigenvalue weighted by atomic mass is 9.99. The minimum atomic E-state index is -3.89. The van der Waals surface area contributed by atoms with E-state index in [1.165, 1.54) is 18.2 Å². The minimum absolute atomic E-state index is 0.108. The molecule has 0 aromatic heterocycles. The van der Waals surface area contributed by atoms with Crippen molar-refractivity contribution in [2.75, 3.05) is 0 Å². The van der Waals surface area contributed by atoms with Gasteiger partial charge in [0.25, 0.3) is 5.91 Å². The summed E-state index contributed by atoms with van der Waals surface area (Å²) in [6.45, 7) is 1.89. The number of nitrogens with two attached hydrogens (primary N) is 1. The van der Waals surface area contributed by atoms with E-state index in [1.54, 1.807) is 0 Å². The van der Waals surface area contributed by atoms with Crippen LogP contribution in [0.25, 0.3) is 10.8 Å². The lowest BCUT2D eigenvalue weighted by molar-refractivity contribution is 0.0939. The van der Waals surface area contributed by atoms with Crippen LogP contribution in [0.15, 0.2) is 70.0 Å². The second-order valence-electron chi connectivity index (χ2n) is 5.95. The number of hydrogen-bond donors (Lipinski definition) is 2. The standard InChI is InChI=1S/C19H17BrN2O3S/c1-12(15-8-4-6-13-5-2-3-7-16(13)15)22-19(23)17-11-14(26(21,24)25)9-10-18(17)20/h2-12H,1H3,(H,22,23)(H2,21,24,25). The predicted octanol–water partition coefficient (Wildman–Crippen LogP) is 3.74. The first-order valence-corrected chi connectivity index (χ1v) is 10.2. The van der Waals surface area contributed by atoms with Crippen LogP contribution < -0.4 is 10.5 Å². The van der Waals surface area contributed by atoms with Crippen LogP contribution >= 0.6 is 15.9 Å². The Morgan fingerprint density at radius 1 is 1.08 bits per heavy atom. The highest BCUT2D eigenvalue weighted by atomic mass is 79.9. The molecule has 26 heavy (non-hydrogen) atoms. The maximum absolute atomic E-state index is 12.7. The molecule has 3 rings (SSSR count). The number of primary sulfonamides is 1. The Balaban J connectivity index is 1.93. The van der Waals surface area contributed by atoms with Gasteiger partial charge in [0.15, 0.2) is 0 Å². The topological polar surface area (TPSA) is 89.3 Å². The van der Waals surface area contributed by atoms with Crippen molar-refractivity contribution >= 4 is 42.6 Å². The van der Waals surface area contributed by atoms with Crippen molar-refractivity contribution < 1.29 is 13.2 Å². The van der Waals surface area contributed by atoms with Gasteiger partial charge in [-0.2, -0.15) is 0 Å². The van der Waals surface area contributed by atoms with Gasteiger partial charge in [-0.15, -0.1) is 0 Å². The third-order valence-corrected chi connectivity index (χ3v) is 5.75. The molecule has 3 N–H and O–H groups in total. The zero-order valence-corrected chi connectivity index (χ0v) is 16.3. The summed E-state index contributed by atoms with van der Waals surface area (Å²) in [5.41, 5.74) is 1.19. The third-order valence-electron chi connectivity index (χ3n) is 4.15. The smallest absolute Gasteiger partial charge is 0.252 e. The van der Waals surface area contributed by atoms with E-state index in [0.717, 1.165) is 16.3 Å². The van der Waals surface area contributed by atoms with Crippen molar-refractivity contribution in [2.24, 2.45) is 5.14 Å². The van der Waals surface area contributed by atoms with Gasteiger partial charge in [-0.1, -0.05) is 42.5 Å². The van der Waals surface area contributed by atoms with Gasteiger partial charge in [-0.25, -0.2) is 13.6 Å². The van der Waals surface area contributed by atoms with Crippen molar-refractivity contribution in [3.05, 3.63) is 76.3 Å². The van der Waals surface area contributed by atoms with Crippen molar-refractivity contribution in [3.63, 3.8) is 0 Å². The van der Waals surface area contributed by atoms with Crippen LogP contribution in [-0.4, -0.2) is 14.3 Å². The van der Waals surface area contributed by atoms with Gasteiger partial charge in [-0.3, -0.25) is 4.79 Å². The molecule has 3 aromatic rings. The Labute approximate surface area is 160 Å². The van der Waals surface area contributed by atoms with Crippen LogP contribution in [0.1, 0.15) is 28.9 Å². The summed E-state index contributed by atoms with van der Waals surface area (Å²) >= 11 is 3.29. The maximum Gasteiger partial charge on any atom is 0.252 e. The highest BCUT2D eigenvalue weighted by Crippen LogP contribution is 2.26. The number of amides is 1. The van der Waals surface area contributed by atoms with E-state index < -0.39 is 10.0 Å². The molecule has 5 nitrogen and oxygen atoms in total. The Morgan fingerprint density at radius 3 is 2.50 bits per heavy atom. The van der Waals surface area contributed by atoms with Crippen LogP contribution in [0.3, 0.4) is 0 Å². The number of rotatable bonds is 4. The van der Waals surface area contributed by atoms with Gasteiger partial charge in [0.2, 0.25) is 10.0 Å². The first-order chi connectivity index (χ1) is 12.3. The van der Waals surface area contributed by atoms with Crippen molar-refractivity contribution in [1.82, 2.24) is 5.32 Å². The van der Waals surface area contributed by atoms with Crippen LogP contribution in [0.2, 0.25) is 0 Å². The maximum atomic E-state index is 12.7. The first-order valence-electron chi connectivity index (χ1n) is 7.88. The lowest BCUT2D eigenvalue weighted by Crippen LogP contribution is -2.27. The fourth-order valence-corrected chi connectivity index (χ4v) is 3.80. The second kappa shape index (κ2) is 7.19. The molecule has 0 spiro atoms.